The van der Waals surface area contributed by atoms with Gasteiger partial charge in [0, 0.05) is 6.42 Å². The van der Waals surface area contributed by atoms with Gasteiger partial charge in [0.1, 0.15) is 6.61 Å². The van der Waals surface area contributed by atoms with Crippen LogP contribution in [0, 0.1) is 0 Å². The number of esters is 1. The molecule has 0 saturated carbocycles. The van der Waals surface area contributed by atoms with Gasteiger partial charge in [-0.05, 0) is 23.3 Å². The molecule has 23 heavy (non-hydrogen) atoms. The molecule has 1 N–H and O–H groups in total. The van der Waals surface area contributed by atoms with Gasteiger partial charge in [-0.15, -0.1) is 0 Å². The first-order valence-corrected chi connectivity index (χ1v) is 6.91. The standard InChI is InChI=1S/C17H15F3O3/c18-17(19,20)14-8-6-12(7-9-14)10-15(21)16(22)23-11-13-4-2-1-3-5-13/h1-9,15,21H,10-11H2. The minimum Gasteiger partial charge on any atom is -0.459 e. The molecular formula is C17H15F3O3. The van der Waals surface area contributed by atoms with Gasteiger partial charge < -0.3 is 9.84 Å². The predicted molar refractivity (Wildman–Crippen MR) is 77.4 cm³/mol. The third kappa shape index (κ3) is 5.10. The fourth-order valence-electron chi connectivity index (χ4n) is 1.96. The van der Waals surface area contributed by atoms with Crippen LogP contribution in [0.3, 0.4) is 0 Å². The molecule has 0 aliphatic carbocycles. The van der Waals surface area contributed by atoms with E-state index >= 15 is 0 Å². The molecule has 0 amide bonds. The molecule has 6 heteroatoms. The maximum absolute atomic E-state index is 12.4. The lowest BCUT2D eigenvalue weighted by atomic mass is 10.1. The summed E-state index contributed by atoms with van der Waals surface area (Å²) in [5, 5.41) is 9.78. The number of rotatable bonds is 5. The molecule has 0 radical (unpaired) electrons. The lowest BCUT2D eigenvalue weighted by Crippen LogP contribution is -2.25. The molecule has 0 aliphatic heterocycles. The highest BCUT2D eigenvalue weighted by atomic mass is 19.4. The van der Waals surface area contributed by atoms with E-state index in [2.05, 4.69) is 0 Å². The summed E-state index contributed by atoms with van der Waals surface area (Å²) in [5.74, 6) is -0.811. The molecule has 0 spiro atoms. The molecule has 122 valence electrons. The second kappa shape index (κ2) is 7.28. The quantitative estimate of drug-likeness (QED) is 0.858. The zero-order valence-corrected chi connectivity index (χ0v) is 12.1. The van der Waals surface area contributed by atoms with Gasteiger partial charge in [0.25, 0.3) is 0 Å². The third-order valence-electron chi connectivity index (χ3n) is 3.21. The van der Waals surface area contributed by atoms with E-state index in [-0.39, 0.29) is 13.0 Å². The largest absolute Gasteiger partial charge is 0.459 e. The summed E-state index contributed by atoms with van der Waals surface area (Å²) in [5.41, 5.74) is 0.423. The normalized spacial score (nSPS) is 12.7. The Bertz CT molecular complexity index is 636. The number of halogens is 3. The zero-order valence-electron chi connectivity index (χ0n) is 12.1. The van der Waals surface area contributed by atoms with Crippen molar-refractivity contribution in [3.63, 3.8) is 0 Å². The van der Waals surface area contributed by atoms with Crippen molar-refractivity contribution in [1.29, 1.82) is 0 Å². The average Bonchev–Trinajstić information content (AvgIpc) is 2.53. The Balaban J connectivity index is 1.88. The third-order valence-corrected chi connectivity index (χ3v) is 3.21. The van der Waals surface area contributed by atoms with E-state index < -0.39 is 23.8 Å². The van der Waals surface area contributed by atoms with Gasteiger partial charge in [0.2, 0.25) is 0 Å². The van der Waals surface area contributed by atoms with E-state index in [1.54, 1.807) is 24.3 Å². The molecule has 3 nitrogen and oxygen atoms in total. The fraction of sp³-hybridized carbons (Fsp3) is 0.235. The number of ether oxygens (including phenoxy) is 1. The summed E-state index contributed by atoms with van der Waals surface area (Å²) in [6, 6.07) is 13.3. The highest BCUT2D eigenvalue weighted by Gasteiger charge is 2.30. The van der Waals surface area contributed by atoms with Gasteiger partial charge in [0.15, 0.2) is 6.10 Å². The molecule has 2 aromatic rings. The monoisotopic (exact) mass is 324 g/mol. The van der Waals surface area contributed by atoms with Crippen LogP contribution in [0.15, 0.2) is 54.6 Å². The minimum atomic E-state index is -4.41. The summed E-state index contributed by atoms with van der Waals surface area (Å²) in [4.78, 5) is 11.7. The van der Waals surface area contributed by atoms with Crippen molar-refractivity contribution in [3.05, 3.63) is 71.3 Å². The maximum atomic E-state index is 12.4. The summed E-state index contributed by atoms with van der Waals surface area (Å²) in [6.07, 6.45) is -5.94. The first-order valence-electron chi connectivity index (χ1n) is 6.91. The van der Waals surface area contributed by atoms with Gasteiger partial charge in [-0.3, -0.25) is 0 Å². The van der Waals surface area contributed by atoms with Gasteiger partial charge in [0.05, 0.1) is 5.56 Å². The number of aliphatic hydroxyl groups excluding tert-OH is 1. The molecule has 2 aromatic carbocycles. The molecule has 0 bridgehead atoms. The maximum Gasteiger partial charge on any atom is 0.416 e. The summed E-state index contributed by atoms with van der Waals surface area (Å²) >= 11 is 0. The van der Waals surface area contributed by atoms with Crippen molar-refractivity contribution < 1.29 is 27.8 Å². The number of alkyl halides is 3. The first kappa shape index (κ1) is 17.0. The highest BCUT2D eigenvalue weighted by molar-refractivity contribution is 5.74. The molecular weight excluding hydrogens is 309 g/mol. The number of carbonyl (C=O) groups is 1. The number of carbonyl (C=O) groups excluding carboxylic acids is 1. The van der Waals surface area contributed by atoms with E-state index in [1.807, 2.05) is 6.07 Å². The van der Waals surface area contributed by atoms with Crippen LogP contribution in [-0.2, 0) is 28.7 Å². The van der Waals surface area contributed by atoms with Crippen molar-refractivity contribution in [2.24, 2.45) is 0 Å². The van der Waals surface area contributed by atoms with Crippen LogP contribution < -0.4 is 0 Å². The topological polar surface area (TPSA) is 46.5 Å². The Morgan fingerprint density at radius 3 is 2.17 bits per heavy atom. The lowest BCUT2D eigenvalue weighted by molar-refractivity contribution is -0.154. The molecule has 0 saturated heterocycles. The average molecular weight is 324 g/mol. The van der Waals surface area contributed by atoms with Crippen LogP contribution in [0.4, 0.5) is 13.2 Å². The Labute approximate surface area is 131 Å². The summed E-state index contributed by atoms with van der Waals surface area (Å²) in [7, 11) is 0. The molecule has 1 unspecified atom stereocenters. The van der Waals surface area contributed by atoms with E-state index in [1.165, 1.54) is 12.1 Å². The zero-order chi connectivity index (χ0) is 16.9. The smallest absolute Gasteiger partial charge is 0.416 e. The van der Waals surface area contributed by atoms with E-state index in [0.29, 0.717) is 5.56 Å². The Hall–Kier alpha value is -2.34. The highest BCUT2D eigenvalue weighted by Crippen LogP contribution is 2.29. The van der Waals surface area contributed by atoms with Crippen LogP contribution in [0.5, 0.6) is 0 Å². The van der Waals surface area contributed by atoms with Gasteiger partial charge in [-0.25, -0.2) is 4.79 Å². The SMILES string of the molecule is O=C(OCc1ccccc1)C(O)Cc1ccc(C(F)(F)F)cc1. The number of hydrogen-bond acceptors (Lipinski definition) is 3. The molecule has 0 aromatic heterocycles. The van der Waals surface area contributed by atoms with Crippen LogP contribution in [0.1, 0.15) is 16.7 Å². The fourth-order valence-corrected chi connectivity index (χ4v) is 1.96. The Morgan fingerprint density at radius 1 is 1.00 bits per heavy atom. The number of benzene rings is 2. The van der Waals surface area contributed by atoms with Gasteiger partial charge >= 0.3 is 12.1 Å². The van der Waals surface area contributed by atoms with Crippen LogP contribution in [0.25, 0.3) is 0 Å². The second-order valence-electron chi connectivity index (χ2n) is 5.01. The van der Waals surface area contributed by atoms with Crippen molar-refractivity contribution in [1.82, 2.24) is 0 Å². The molecule has 1 atom stereocenters. The molecule has 2 rings (SSSR count). The van der Waals surface area contributed by atoms with Crippen molar-refractivity contribution >= 4 is 5.97 Å². The predicted octanol–water partition coefficient (Wildman–Crippen LogP) is 3.35. The summed E-state index contributed by atoms with van der Waals surface area (Å²) < 4.78 is 42.3. The van der Waals surface area contributed by atoms with E-state index in [4.69, 9.17) is 4.74 Å². The van der Waals surface area contributed by atoms with Crippen molar-refractivity contribution in [3.8, 4) is 0 Å². The number of hydrogen-bond donors (Lipinski definition) is 1. The van der Waals surface area contributed by atoms with Crippen molar-refractivity contribution in [2.45, 2.75) is 25.3 Å². The second-order valence-corrected chi connectivity index (χ2v) is 5.01. The van der Waals surface area contributed by atoms with Crippen molar-refractivity contribution in [2.75, 3.05) is 0 Å². The molecule has 0 heterocycles. The number of aliphatic hydroxyl groups is 1. The lowest BCUT2D eigenvalue weighted by Gasteiger charge is -2.12. The molecule has 0 aliphatic rings. The van der Waals surface area contributed by atoms with Crippen LogP contribution in [-0.4, -0.2) is 17.2 Å². The van der Waals surface area contributed by atoms with Crippen LogP contribution in [0.2, 0.25) is 0 Å². The summed E-state index contributed by atoms with van der Waals surface area (Å²) in [6.45, 7) is 0.0315. The minimum absolute atomic E-state index is 0.0315. The first-order chi connectivity index (χ1) is 10.9. The van der Waals surface area contributed by atoms with E-state index in [0.717, 1.165) is 17.7 Å². The van der Waals surface area contributed by atoms with Crippen LogP contribution >= 0.6 is 0 Å². The van der Waals surface area contributed by atoms with Gasteiger partial charge in [-0.1, -0.05) is 42.5 Å². The Kier molecular flexibility index (Phi) is 5.39. The molecule has 0 fully saturated rings. The Morgan fingerprint density at radius 2 is 1.61 bits per heavy atom. The van der Waals surface area contributed by atoms with E-state index in [9.17, 15) is 23.1 Å². The van der Waals surface area contributed by atoms with Gasteiger partial charge in [-0.2, -0.15) is 13.2 Å².